The fourth-order valence-electron chi connectivity index (χ4n) is 3.01. The molecule has 150 valence electrons. The average Bonchev–Trinajstić information content (AvgIpc) is 3.27. The van der Waals surface area contributed by atoms with E-state index in [1.54, 1.807) is 12.1 Å². The van der Waals surface area contributed by atoms with Crippen molar-refractivity contribution in [1.82, 2.24) is 20.1 Å². The highest BCUT2D eigenvalue weighted by Gasteiger charge is 2.32. The lowest BCUT2D eigenvalue weighted by molar-refractivity contribution is -0.137. The van der Waals surface area contributed by atoms with Gasteiger partial charge < -0.3 is 9.32 Å². The molecule has 4 rings (SSSR count). The van der Waals surface area contributed by atoms with E-state index >= 15 is 0 Å². The predicted octanol–water partition coefficient (Wildman–Crippen LogP) is 4.24. The average molecular weight is 410 g/mol. The van der Waals surface area contributed by atoms with Crippen LogP contribution in [0.4, 0.5) is 22.0 Å². The van der Waals surface area contributed by atoms with Gasteiger partial charge in [-0.2, -0.15) is 22.0 Å². The Labute approximate surface area is 160 Å². The summed E-state index contributed by atoms with van der Waals surface area (Å²) in [6.45, 7) is 0.132. The Balaban J connectivity index is 1.56. The first kappa shape index (κ1) is 19.0. The zero-order valence-electron chi connectivity index (χ0n) is 14.5. The highest BCUT2D eigenvalue weighted by Crippen LogP contribution is 2.32. The molecule has 11 heteroatoms. The lowest BCUT2D eigenvalue weighted by atomic mass is 10.1. The summed E-state index contributed by atoms with van der Waals surface area (Å²) in [6, 6.07) is 5.53. The summed E-state index contributed by atoms with van der Waals surface area (Å²) >= 11 is 0. The van der Waals surface area contributed by atoms with Crippen molar-refractivity contribution >= 4 is 5.91 Å². The van der Waals surface area contributed by atoms with Gasteiger partial charge in [0.2, 0.25) is 5.89 Å². The first-order chi connectivity index (χ1) is 13.7. The summed E-state index contributed by atoms with van der Waals surface area (Å²) in [5.41, 5.74) is 0.568. The number of carbonyl (C=O) groups excluding carboxylic acids is 1. The zero-order chi connectivity index (χ0) is 20.8. The second-order valence-electron chi connectivity index (χ2n) is 6.36. The van der Waals surface area contributed by atoms with Gasteiger partial charge in [0.25, 0.3) is 11.8 Å². The molecule has 1 aromatic carbocycles. The van der Waals surface area contributed by atoms with Crippen molar-refractivity contribution in [3.8, 4) is 11.5 Å². The Morgan fingerprint density at radius 3 is 2.62 bits per heavy atom. The fourth-order valence-corrected chi connectivity index (χ4v) is 3.01. The lowest BCUT2D eigenvalue weighted by Crippen LogP contribution is -2.23. The fraction of sp³-hybridized carbons (Fsp3) is 0.222. The van der Waals surface area contributed by atoms with Gasteiger partial charge in [-0.1, -0.05) is 6.07 Å². The van der Waals surface area contributed by atoms with Crippen LogP contribution in [0, 0.1) is 0 Å². The standard InChI is InChI=1S/C18H11F5N4O2/c19-14(20)16-26-25-15(29-16)10-1-2-11-8-27(17(28)13(11)4-10)7-9-3-12(6-24-5-9)18(21,22)23/h1-6,14H,7-8H2. The molecule has 1 aliphatic rings. The van der Waals surface area contributed by atoms with E-state index in [0.29, 0.717) is 22.9 Å². The van der Waals surface area contributed by atoms with Crippen molar-refractivity contribution in [1.29, 1.82) is 0 Å². The third-order valence-corrected chi connectivity index (χ3v) is 4.36. The molecule has 3 heterocycles. The van der Waals surface area contributed by atoms with Gasteiger partial charge in [-0.3, -0.25) is 9.78 Å². The van der Waals surface area contributed by atoms with Gasteiger partial charge in [-0.15, -0.1) is 10.2 Å². The molecular formula is C18H11F5N4O2. The van der Waals surface area contributed by atoms with Crippen molar-refractivity contribution in [3.63, 3.8) is 0 Å². The zero-order valence-corrected chi connectivity index (χ0v) is 14.5. The highest BCUT2D eigenvalue weighted by molar-refractivity contribution is 5.99. The molecule has 0 spiro atoms. The number of hydrogen-bond acceptors (Lipinski definition) is 5. The molecule has 0 unspecified atom stereocenters. The number of rotatable bonds is 4. The van der Waals surface area contributed by atoms with Crippen LogP contribution in [0.15, 0.2) is 41.1 Å². The number of nitrogens with zero attached hydrogens (tertiary/aromatic N) is 4. The van der Waals surface area contributed by atoms with Crippen LogP contribution in [-0.2, 0) is 19.3 Å². The number of carbonyl (C=O) groups is 1. The molecule has 1 amide bonds. The van der Waals surface area contributed by atoms with Crippen molar-refractivity contribution in [2.45, 2.75) is 25.7 Å². The molecule has 0 bridgehead atoms. The minimum Gasteiger partial charge on any atom is -0.415 e. The Bertz CT molecular complexity index is 1080. The largest absolute Gasteiger partial charge is 0.417 e. The van der Waals surface area contributed by atoms with Crippen LogP contribution in [0.5, 0.6) is 0 Å². The Kier molecular flexibility index (Phi) is 4.52. The lowest BCUT2D eigenvalue weighted by Gasteiger charge is -2.16. The third-order valence-electron chi connectivity index (χ3n) is 4.36. The van der Waals surface area contributed by atoms with Gasteiger partial charge in [0.1, 0.15) is 0 Å². The monoisotopic (exact) mass is 410 g/mol. The van der Waals surface area contributed by atoms with Gasteiger partial charge >= 0.3 is 12.6 Å². The smallest absolute Gasteiger partial charge is 0.415 e. The Morgan fingerprint density at radius 1 is 1.14 bits per heavy atom. The maximum Gasteiger partial charge on any atom is 0.417 e. The summed E-state index contributed by atoms with van der Waals surface area (Å²) in [6.07, 6.45) is -5.46. The number of benzene rings is 1. The molecule has 6 nitrogen and oxygen atoms in total. The molecule has 3 aromatic rings. The number of pyridine rings is 1. The van der Waals surface area contributed by atoms with E-state index in [1.165, 1.54) is 17.2 Å². The number of alkyl halides is 5. The number of halogens is 5. The molecule has 0 atom stereocenters. The van der Waals surface area contributed by atoms with Crippen LogP contribution in [-0.4, -0.2) is 26.0 Å². The first-order valence-electron chi connectivity index (χ1n) is 8.27. The SMILES string of the molecule is O=C1c2cc(-c3nnc(C(F)F)o3)ccc2CN1Cc1cncc(C(F)(F)F)c1. The van der Waals surface area contributed by atoms with E-state index < -0.39 is 30.0 Å². The minimum absolute atomic E-state index is 0.0597. The van der Waals surface area contributed by atoms with Crippen LogP contribution in [0.3, 0.4) is 0 Å². The van der Waals surface area contributed by atoms with Crippen molar-refractivity contribution in [2.75, 3.05) is 0 Å². The molecule has 0 radical (unpaired) electrons. The van der Waals surface area contributed by atoms with Crippen molar-refractivity contribution in [2.24, 2.45) is 0 Å². The van der Waals surface area contributed by atoms with E-state index in [1.807, 2.05) is 0 Å². The minimum atomic E-state index is -4.53. The van der Waals surface area contributed by atoms with E-state index in [4.69, 9.17) is 4.42 Å². The Morgan fingerprint density at radius 2 is 1.93 bits per heavy atom. The molecule has 2 aromatic heterocycles. The second kappa shape index (κ2) is 6.90. The summed E-state index contributed by atoms with van der Waals surface area (Å²) in [5.74, 6) is -1.39. The van der Waals surface area contributed by atoms with Crippen LogP contribution in [0.2, 0.25) is 0 Å². The highest BCUT2D eigenvalue weighted by atomic mass is 19.4. The second-order valence-corrected chi connectivity index (χ2v) is 6.36. The van der Waals surface area contributed by atoms with E-state index in [0.717, 1.165) is 6.07 Å². The number of hydrogen-bond donors (Lipinski definition) is 0. The van der Waals surface area contributed by atoms with Crippen molar-refractivity contribution < 1.29 is 31.2 Å². The van der Waals surface area contributed by atoms with Gasteiger partial charge in [-0.25, -0.2) is 0 Å². The summed E-state index contributed by atoms with van der Waals surface area (Å²) in [5, 5.41) is 6.78. The molecule has 0 aliphatic carbocycles. The molecule has 1 aliphatic heterocycles. The van der Waals surface area contributed by atoms with Crippen LogP contribution in [0.1, 0.15) is 39.4 Å². The van der Waals surface area contributed by atoms with Crippen LogP contribution >= 0.6 is 0 Å². The summed E-state index contributed by atoms with van der Waals surface area (Å²) in [7, 11) is 0. The maximum absolute atomic E-state index is 12.8. The molecule has 29 heavy (non-hydrogen) atoms. The van der Waals surface area contributed by atoms with Gasteiger partial charge in [0.05, 0.1) is 5.56 Å². The van der Waals surface area contributed by atoms with Crippen LogP contribution < -0.4 is 0 Å². The predicted molar refractivity (Wildman–Crippen MR) is 87.5 cm³/mol. The number of aromatic nitrogens is 3. The van der Waals surface area contributed by atoms with Crippen molar-refractivity contribution in [3.05, 3.63) is 64.8 Å². The first-order valence-corrected chi connectivity index (χ1v) is 8.27. The molecule has 0 saturated carbocycles. The Hall–Kier alpha value is -3.37. The van der Waals surface area contributed by atoms with E-state index in [9.17, 15) is 26.7 Å². The summed E-state index contributed by atoms with van der Waals surface area (Å²) < 4.78 is 68.6. The molecule has 0 N–H and O–H groups in total. The topological polar surface area (TPSA) is 72.1 Å². The van der Waals surface area contributed by atoms with Gasteiger partial charge in [-0.05, 0) is 29.3 Å². The maximum atomic E-state index is 12.8. The summed E-state index contributed by atoms with van der Waals surface area (Å²) in [4.78, 5) is 17.6. The quantitative estimate of drug-likeness (QED) is 0.602. The normalized spacial score (nSPS) is 14.0. The van der Waals surface area contributed by atoms with Gasteiger partial charge in [0, 0.05) is 36.6 Å². The number of amides is 1. The molecular weight excluding hydrogens is 399 g/mol. The number of fused-ring (bicyclic) bond motifs is 1. The molecule has 0 saturated heterocycles. The van der Waals surface area contributed by atoms with E-state index in [2.05, 4.69) is 15.2 Å². The van der Waals surface area contributed by atoms with Crippen LogP contribution in [0.25, 0.3) is 11.5 Å². The molecule has 0 fully saturated rings. The third kappa shape index (κ3) is 3.67. The van der Waals surface area contributed by atoms with E-state index in [-0.39, 0.29) is 24.5 Å². The van der Waals surface area contributed by atoms with Gasteiger partial charge in [0.15, 0.2) is 0 Å².